The molecule has 0 aromatic heterocycles. The number of unbranched alkanes of at least 4 members (excludes halogenated alkanes) is 1. The van der Waals surface area contributed by atoms with E-state index in [1.165, 1.54) is 12.1 Å². The van der Waals surface area contributed by atoms with Crippen LogP contribution < -0.4 is 4.90 Å². The second kappa shape index (κ2) is 21.5. The quantitative estimate of drug-likeness (QED) is 0.0507. The number of anilines is 1. The fourth-order valence-electron chi connectivity index (χ4n) is 7.85. The molecule has 3 N–H and O–H groups in total. The second-order valence-corrected chi connectivity index (χ2v) is 22.2. The highest BCUT2D eigenvalue weighted by Crippen LogP contribution is 2.49. The Kier molecular flexibility index (Phi) is 16.9. The number of carbonyl (C=O) groups excluding carboxylic acids is 3. The van der Waals surface area contributed by atoms with Crippen molar-refractivity contribution in [3.8, 4) is 0 Å². The fraction of sp³-hybridized carbons (Fsp3) is 0.413. The van der Waals surface area contributed by atoms with E-state index in [1.807, 2.05) is 81.2 Å². The molecule has 3 aliphatic heterocycles. The van der Waals surface area contributed by atoms with Gasteiger partial charge in [0.1, 0.15) is 0 Å². The van der Waals surface area contributed by atoms with Gasteiger partial charge >= 0.3 is 5.97 Å². The van der Waals surface area contributed by atoms with Crippen molar-refractivity contribution in [2.24, 2.45) is 15.4 Å². The van der Waals surface area contributed by atoms with Crippen LogP contribution in [0.25, 0.3) is 5.57 Å². The largest absolute Gasteiger partial charge is 0.344 e. The van der Waals surface area contributed by atoms with Gasteiger partial charge in [-0.15, -0.1) is 5.06 Å². The fourth-order valence-corrected chi connectivity index (χ4v) is 9.46. The molecule has 1 saturated heterocycles. The van der Waals surface area contributed by atoms with Crippen molar-refractivity contribution in [2.75, 3.05) is 29.5 Å². The second-order valence-electron chi connectivity index (χ2n) is 17.2. The van der Waals surface area contributed by atoms with Crippen LogP contribution >= 0.6 is 11.6 Å². The number of rotatable bonds is 20. The summed E-state index contributed by atoms with van der Waals surface area (Å²) in [6.45, 7) is 9.57. The highest BCUT2D eigenvalue weighted by molar-refractivity contribution is 7.86. The maximum Gasteiger partial charge on any atom is 0.333 e. The first-order valence-corrected chi connectivity index (χ1v) is 26.5. The van der Waals surface area contributed by atoms with Gasteiger partial charge in [-0.3, -0.25) is 28.2 Å². The van der Waals surface area contributed by atoms with Gasteiger partial charge in [0.2, 0.25) is 0 Å². The number of amides is 2. The van der Waals surface area contributed by atoms with Gasteiger partial charge < -0.3 is 9.74 Å². The molecule has 0 atom stereocenters. The van der Waals surface area contributed by atoms with Crippen molar-refractivity contribution in [3.05, 3.63) is 112 Å². The normalized spacial score (nSPS) is 19.7. The Morgan fingerprint density at radius 1 is 0.896 bits per heavy atom. The Morgan fingerprint density at radius 3 is 2.21 bits per heavy atom. The van der Waals surface area contributed by atoms with Crippen LogP contribution in [0.2, 0.25) is 0 Å². The molecule has 2 amide bonds. The summed E-state index contributed by atoms with van der Waals surface area (Å²) in [5, 5.41) is 0.953. The van der Waals surface area contributed by atoms with Gasteiger partial charge in [-0.25, -0.2) is 9.79 Å². The first kappa shape index (κ1) is 52.9. The molecule has 17 nitrogen and oxygen atoms in total. The predicted octanol–water partition coefficient (Wildman–Crippen LogP) is 7.38. The first-order chi connectivity index (χ1) is 31.2. The molecular weight excluding hydrogens is 948 g/mol. The highest BCUT2D eigenvalue weighted by atomic mass is 35.5. The lowest BCUT2D eigenvalue weighted by molar-refractivity contribution is -0.197. The zero-order valence-electron chi connectivity index (χ0n) is 37.8. The van der Waals surface area contributed by atoms with E-state index in [1.54, 1.807) is 25.1 Å². The molecule has 0 radical (unpaired) electrons. The summed E-state index contributed by atoms with van der Waals surface area (Å²) in [4.78, 5) is 52.2. The van der Waals surface area contributed by atoms with Gasteiger partial charge in [-0.1, -0.05) is 81.8 Å². The number of nitrogens with zero attached hydrogens (tertiary/aromatic N) is 4. The molecule has 0 aliphatic carbocycles. The lowest BCUT2D eigenvalue weighted by Crippen LogP contribution is -2.31. The SMILES string of the molecule is C\C=C(Cl)/C=C1\C(=N\CCCS(=O)(=O)O)N=C(/C=C/C(=C/C=C2/N(CCCS(=O)(=O)O)c3ccc(S(=O)(=O)O)cc3C2(C)C)c2cccc(CCCCC(=O)ON3C(=O)CCC3=O)c2)C1(C)C. The van der Waals surface area contributed by atoms with E-state index >= 15 is 0 Å². The molecule has 0 unspecified atom stereocenters. The number of imide groups is 1. The summed E-state index contributed by atoms with van der Waals surface area (Å²) in [5.74, 6) is -2.45. The Morgan fingerprint density at radius 2 is 1.57 bits per heavy atom. The zero-order chi connectivity index (χ0) is 49.5. The van der Waals surface area contributed by atoms with Gasteiger partial charge in [0, 0.05) is 65.2 Å². The number of halogens is 1. The van der Waals surface area contributed by atoms with Gasteiger partial charge in [-0.2, -0.15) is 25.3 Å². The third-order valence-electron chi connectivity index (χ3n) is 11.5. The van der Waals surface area contributed by atoms with E-state index in [2.05, 4.69) is 4.99 Å². The summed E-state index contributed by atoms with van der Waals surface area (Å²) in [6, 6.07) is 11.9. The lowest BCUT2D eigenvalue weighted by atomic mass is 9.80. The average Bonchev–Trinajstić information content (AvgIpc) is 3.76. The number of hydrogen-bond acceptors (Lipinski definition) is 12. The van der Waals surface area contributed by atoms with E-state index in [-0.39, 0.29) is 50.1 Å². The average molecular weight is 1000 g/mol. The maximum atomic E-state index is 12.4. The molecule has 3 aliphatic rings. The van der Waals surface area contributed by atoms with Crippen LogP contribution in [0, 0.1) is 5.41 Å². The summed E-state index contributed by atoms with van der Waals surface area (Å²) < 4.78 is 99.5. The highest BCUT2D eigenvalue weighted by Gasteiger charge is 2.41. The van der Waals surface area contributed by atoms with Gasteiger partial charge in [0.25, 0.3) is 42.2 Å². The molecule has 5 rings (SSSR count). The van der Waals surface area contributed by atoms with Crippen LogP contribution in [0.5, 0.6) is 0 Å². The van der Waals surface area contributed by atoms with Crippen molar-refractivity contribution >= 4 is 82.5 Å². The van der Waals surface area contributed by atoms with Crippen LogP contribution in [0.1, 0.15) is 96.3 Å². The topological polar surface area (TPSA) is 255 Å². The molecule has 1 fully saturated rings. The number of hydroxylamine groups is 2. The summed E-state index contributed by atoms with van der Waals surface area (Å²) in [5.41, 5.74) is 3.77. The minimum absolute atomic E-state index is 0.00351. The molecule has 3 heterocycles. The minimum Gasteiger partial charge on any atom is -0.344 e. The third-order valence-corrected chi connectivity index (χ3v) is 14.3. The van der Waals surface area contributed by atoms with Gasteiger partial charge in [0.05, 0.1) is 22.1 Å². The summed E-state index contributed by atoms with van der Waals surface area (Å²) in [6.07, 6.45) is 12.4. The van der Waals surface area contributed by atoms with Crippen LogP contribution in [-0.2, 0) is 61.4 Å². The van der Waals surface area contributed by atoms with Gasteiger partial charge in [0.15, 0.2) is 5.84 Å². The van der Waals surface area contributed by atoms with Crippen molar-refractivity contribution < 1.29 is 58.1 Å². The lowest BCUT2D eigenvalue weighted by Gasteiger charge is -2.27. The number of allylic oxidation sites excluding steroid dienone is 9. The van der Waals surface area contributed by atoms with E-state index in [4.69, 9.17) is 21.4 Å². The molecule has 21 heteroatoms. The zero-order valence-corrected chi connectivity index (χ0v) is 41.0. The van der Waals surface area contributed by atoms with Gasteiger partial charge in [-0.05, 0) is 97.7 Å². The molecule has 0 spiro atoms. The summed E-state index contributed by atoms with van der Waals surface area (Å²) >= 11 is 6.49. The Hall–Kier alpha value is -5.09. The molecule has 0 saturated carbocycles. The summed E-state index contributed by atoms with van der Waals surface area (Å²) in [7, 11) is -13.1. The van der Waals surface area contributed by atoms with Crippen LogP contribution in [0.4, 0.5) is 5.69 Å². The van der Waals surface area contributed by atoms with Crippen molar-refractivity contribution in [2.45, 2.75) is 96.3 Å². The molecular formula is C46H55ClN4O13S3. The predicted molar refractivity (Wildman–Crippen MR) is 256 cm³/mol. The van der Waals surface area contributed by atoms with E-state index in [0.717, 1.165) is 11.1 Å². The number of amidine groups is 1. The van der Waals surface area contributed by atoms with Crippen molar-refractivity contribution in [1.82, 2.24) is 5.06 Å². The van der Waals surface area contributed by atoms with E-state index < -0.39 is 70.5 Å². The monoisotopic (exact) mass is 1000 g/mol. The van der Waals surface area contributed by atoms with Crippen LogP contribution in [-0.4, -0.2) is 97.9 Å². The number of aryl methyl sites for hydroxylation is 1. The van der Waals surface area contributed by atoms with E-state index in [9.17, 15) is 53.3 Å². The van der Waals surface area contributed by atoms with Crippen LogP contribution in [0.15, 0.2) is 110 Å². The smallest absolute Gasteiger partial charge is 0.333 e. The first-order valence-electron chi connectivity index (χ1n) is 21.5. The molecule has 67 heavy (non-hydrogen) atoms. The number of benzene rings is 2. The number of hydrogen-bond donors (Lipinski definition) is 3. The molecule has 362 valence electrons. The maximum absolute atomic E-state index is 12.4. The van der Waals surface area contributed by atoms with E-state index in [0.29, 0.717) is 69.0 Å². The van der Waals surface area contributed by atoms with Crippen LogP contribution in [0.3, 0.4) is 0 Å². The Bertz CT molecular complexity index is 2840. The Labute approximate surface area is 396 Å². The van der Waals surface area contributed by atoms with Crippen molar-refractivity contribution in [3.63, 3.8) is 0 Å². The number of carbonyl (C=O) groups is 3. The number of fused-ring (bicyclic) bond motifs is 1. The Balaban J connectivity index is 1.56. The number of aliphatic imine (C=N–C) groups is 2. The minimum atomic E-state index is -4.58. The standard InChI is InChI=1S/C46H55ClN4O13S3/c1-6-34(47)29-37-44(48-24-10-26-65(55,56)57)49-39(45(37,2)3)20-16-32(33-14-9-13-31(28-33)12-7-8-15-43(54)64-51-41(52)22-23-42(51)53)17-21-40-46(4,5)36-30-35(67(61,62)63)18-19-38(36)50(40)25-11-27-66(58,59)60/h6,9,13-14,16-21,28-30H,7-8,10-12,15,22-27H2,1-5H3,(H,55,56,57)(H,58,59,60)(H,61,62,63)/b20-16+,32-17-,34-6+,37-29+,40-21+,48-44-. The molecule has 2 aromatic rings. The third kappa shape index (κ3) is 14.0. The molecule has 2 aromatic carbocycles. The molecule has 0 bridgehead atoms. The van der Waals surface area contributed by atoms with Crippen molar-refractivity contribution in [1.29, 1.82) is 0 Å².